The maximum absolute atomic E-state index is 9.39. The molecule has 1 aliphatic carbocycles. The van der Waals surface area contributed by atoms with Gasteiger partial charge in [-0.2, -0.15) is 4.98 Å². The summed E-state index contributed by atoms with van der Waals surface area (Å²) < 4.78 is 0. The highest BCUT2D eigenvalue weighted by atomic mass is 16.3. The molecule has 8 heteroatoms. The summed E-state index contributed by atoms with van der Waals surface area (Å²) in [4.78, 5) is 23.4. The lowest BCUT2D eigenvalue weighted by molar-refractivity contribution is 0.206. The van der Waals surface area contributed by atoms with Crippen molar-refractivity contribution in [3.8, 4) is 0 Å². The first-order valence-corrected chi connectivity index (χ1v) is 11.3. The van der Waals surface area contributed by atoms with E-state index in [9.17, 15) is 5.11 Å². The van der Waals surface area contributed by atoms with Crippen molar-refractivity contribution in [2.45, 2.75) is 31.8 Å². The van der Waals surface area contributed by atoms with Crippen molar-refractivity contribution in [3.05, 3.63) is 41.3 Å². The molecule has 3 heterocycles. The number of aryl methyl sites for hydroxylation is 1. The van der Waals surface area contributed by atoms with Crippen molar-refractivity contribution < 1.29 is 5.11 Å². The average Bonchev–Trinajstić information content (AvgIpc) is 2.79. The number of rotatable bonds is 7. The third kappa shape index (κ3) is 5.14. The van der Waals surface area contributed by atoms with Gasteiger partial charge in [0.2, 0.25) is 5.95 Å². The number of hydrogen-bond donors (Lipinski definition) is 1. The SMILES string of the molecule is CN1CCN(c2cc(CN(C)C3CCCc4cccnc43)nc(N(C)CCO)n2)CC1. The van der Waals surface area contributed by atoms with Crippen LogP contribution in [0.2, 0.25) is 0 Å². The van der Waals surface area contributed by atoms with Gasteiger partial charge in [0, 0.05) is 58.6 Å². The second-order valence-electron chi connectivity index (χ2n) is 8.82. The summed E-state index contributed by atoms with van der Waals surface area (Å²) in [5, 5.41) is 9.39. The largest absolute Gasteiger partial charge is 0.395 e. The quantitative estimate of drug-likeness (QED) is 0.717. The Bertz CT molecular complexity index is 869. The first-order valence-electron chi connectivity index (χ1n) is 11.3. The van der Waals surface area contributed by atoms with Crippen molar-refractivity contribution in [1.82, 2.24) is 24.8 Å². The highest BCUT2D eigenvalue weighted by Crippen LogP contribution is 2.33. The zero-order chi connectivity index (χ0) is 21.8. The molecule has 0 radical (unpaired) electrons. The first-order chi connectivity index (χ1) is 15.0. The number of anilines is 2. The number of piperazine rings is 1. The van der Waals surface area contributed by atoms with E-state index in [0.717, 1.165) is 57.1 Å². The Balaban J connectivity index is 1.58. The van der Waals surface area contributed by atoms with Crippen molar-refractivity contribution in [2.24, 2.45) is 0 Å². The molecular weight excluding hydrogens is 390 g/mol. The number of aliphatic hydroxyl groups is 1. The average molecular weight is 426 g/mol. The van der Waals surface area contributed by atoms with Crippen LogP contribution in [0.3, 0.4) is 0 Å². The summed E-state index contributed by atoms with van der Waals surface area (Å²) in [5.41, 5.74) is 3.59. The van der Waals surface area contributed by atoms with Crippen LogP contribution < -0.4 is 9.80 Å². The topological polar surface area (TPSA) is 71.9 Å². The molecule has 0 saturated carbocycles. The fraction of sp³-hybridized carbons (Fsp3) is 0.609. The first kappa shape index (κ1) is 21.9. The molecule has 1 aliphatic heterocycles. The molecule has 0 spiro atoms. The minimum atomic E-state index is 0.0817. The molecule has 4 rings (SSSR count). The second kappa shape index (κ2) is 9.89. The third-order valence-corrected chi connectivity index (χ3v) is 6.47. The molecule has 2 aliphatic rings. The van der Waals surface area contributed by atoms with Crippen LogP contribution in [0.25, 0.3) is 0 Å². The molecule has 0 amide bonds. The normalized spacial score (nSPS) is 19.5. The standard InChI is InChI=1S/C23H35N7O/c1-27-10-12-30(13-11-27)21-16-19(25-23(26-21)28(2)14-15-31)17-29(3)20-8-4-6-18-7-5-9-24-22(18)20/h5,7,9,16,20,31H,4,6,8,10-15,17H2,1-3H3. The smallest absolute Gasteiger partial charge is 0.227 e. The lowest BCUT2D eigenvalue weighted by atomic mass is 9.91. The Hall–Kier alpha value is -2.29. The number of hydrogen-bond acceptors (Lipinski definition) is 8. The molecule has 1 atom stereocenters. The zero-order valence-electron chi connectivity index (χ0n) is 19.0. The Morgan fingerprint density at radius 1 is 1.16 bits per heavy atom. The fourth-order valence-electron chi connectivity index (χ4n) is 4.55. The van der Waals surface area contributed by atoms with Crippen LogP contribution in [0.5, 0.6) is 0 Å². The predicted molar refractivity (Wildman–Crippen MR) is 123 cm³/mol. The van der Waals surface area contributed by atoms with Gasteiger partial charge in [-0.3, -0.25) is 9.88 Å². The minimum Gasteiger partial charge on any atom is -0.395 e. The molecule has 31 heavy (non-hydrogen) atoms. The van der Waals surface area contributed by atoms with Crippen molar-refractivity contribution in [3.63, 3.8) is 0 Å². The van der Waals surface area contributed by atoms with Gasteiger partial charge in [-0.1, -0.05) is 6.07 Å². The maximum Gasteiger partial charge on any atom is 0.227 e. The van der Waals surface area contributed by atoms with E-state index in [-0.39, 0.29) is 6.61 Å². The highest BCUT2D eigenvalue weighted by Gasteiger charge is 2.26. The number of aromatic nitrogens is 3. The van der Waals surface area contributed by atoms with Crippen LogP contribution >= 0.6 is 0 Å². The van der Waals surface area contributed by atoms with Crippen molar-refractivity contribution >= 4 is 11.8 Å². The molecule has 1 fully saturated rings. The van der Waals surface area contributed by atoms with Gasteiger partial charge in [-0.05, 0) is 45.0 Å². The molecule has 8 nitrogen and oxygen atoms in total. The van der Waals surface area contributed by atoms with Crippen LogP contribution in [0.4, 0.5) is 11.8 Å². The van der Waals surface area contributed by atoms with Crippen LogP contribution in [-0.2, 0) is 13.0 Å². The molecule has 0 aromatic carbocycles. The van der Waals surface area contributed by atoms with Gasteiger partial charge < -0.3 is 19.8 Å². The van der Waals surface area contributed by atoms with Gasteiger partial charge in [0.1, 0.15) is 5.82 Å². The summed E-state index contributed by atoms with van der Waals surface area (Å²) in [6, 6.07) is 6.70. The Morgan fingerprint density at radius 2 is 1.97 bits per heavy atom. The van der Waals surface area contributed by atoms with E-state index in [1.807, 2.05) is 24.2 Å². The van der Waals surface area contributed by atoms with E-state index >= 15 is 0 Å². The predicted octanol–water partition coefficient (Wildman–Crippen LogP) is 1.56. The van der Waals surface area contributed by atoms with Crippen LogP contribution in [0.15, 0.2) is 24.4 Å². The van der Waals surface area contributed by atoms with E-state index in [0.29, 0.717) is 18.5 Å². The minimum absolute atomic E-state index is 0.0817. The molecule has 1 unspecified atom stereocenters. The molecule has 1 saturated heterocycles. The van der Waals surface area contributed by atoms with Crippen molar-refractivity contribution in [2.75, 3.05) is 70.3 Å². The number of aliphatic hydroxyl groups excluding tert-OH is 1. The van der Waals surface area contributed by atoms with Gasteiger partial charge in [0.15, 0.2) is 0 Å². The highest BCUT2D eigenvalue weighted by molar-refractivity contribution is 5.46. The maximum atomic E-state index is 9.39. The van der Waals surface area contributed by atoms with E-state index < -0.39 is 0 Å². The molecule has 168 valence electrons. The van der Waals surface area contributed by atoms with Gasteiger partial charge in [-0.15, -0.1) is 0 Å². The van der Waals surface area contributed by atoms with E-state index in [4.69, 9.17) is 15.0 Å². The molecule has 2 aromatic heterocycles. The molecule has 2 aromatic rings. The second-order valence-corrected chi connectivity index (χ2v) is 8.82. The number of nitrogens with zero attached hydrogens (tertiary/aromatic N) is 7. The summed E-state index contributed by atoms with van der Waals surface area (Å²) in [5.74, 6) is 1.66. The molecular formula is C23H35N7O. The van der Waals surface area contributed by atoms with Crippen LogP contribution in [0, 0.1) is 0 Å². The Kier molecular flexibility index (Phi) is 6.99. The summed E-state index contributed by atoms with van der Waals surface area (Å²) in [7, 11) is 6.27. The third-order valence-electron chi connectivity index (χ3n) is 6.47. The summed E-state index contributed by atoms with van der Waals surface area (Å²) >= 11 is 0. The number of likely N-dealkylation sites (N-methyl/N-ethyl adjacent to an activating group) is 2. The summed E-state index contributed by atoms with van der Waals surface area (Å²) in [6.07, 6.45) is 5.33. The lowest BCUT2D eigenvalue weighted by Crippen LogP contribution is -2.45. The van der Waals surface area contributed by atoms with Gasteiger partial charge in [0.25, 0.3) is 0 Å². The van der Waals surface area contributed by atoms with E-state index in [1.165, 1.54) is 17.7 Å². The van der Waals surface area contributed by atoms with Gasteiger partial charge in [0.05, 0.1) is 24.0 Å². The van der Waals surface area contributed by atoms with Crippen LogP contribution in [0.1, 0.15) is 35.8 Å². The van der Waals surface area contributed by atoms with Crippen molar-refractivity contribution in [1.29, 1.82) is 0 Å². The zero-order valence-corrected chi connectivity index (χ0v) is 19.0. The Labute approximate surface area is 185 Å². The Morgan fingerprint density at radius 3 is 2.74 bits per heavy atom. The number of fused-ring (bicyclic) bond motifs is 1. The van der Waals surface area contributed by atoms with Gasteiger partial charge >= 0.3 is 0 Å². The van der Waals surface area contributed by atoms with Crippen LogP contribution in [-0.4, -0.2) is 90.3 Å². The molecule has 0 bridgehead atoms. The number of pyridine rings is 1. The fourth-order valence-corrected chi connectivity index (χ4v) is 4.55. The lowest BCUT2D eigenvalue weighted by Gasteiger charge is -2.34. The van der Waals surface area contributed by atoms with E-state index in [2.05, 4.69) is 40.9 Å². The monoisotopic (exact) mass is 425 g/mol. The summed E-state index contributed by atoms with van der Waals surface area (Å²) in [6.45, 7) is 5.33. The van der Waals surface area contributed by atoms with E-state index in [1.54, 1.807) is 0 Å². The molecule has 1 N–H and O–H groups in total. The van der Waals surface area contributed by atoms with Gasteiger partial charge in [-0.25, -0.2) is 4.98 Å².